The number of nitrogens with one attached hydrogen (secondary N) is 1. The Bertz CT molecular complexity index is 512. The monoisotopic (exact) mass is 276 g/mol. The van der Waals surface area contributed by atoms with Gasteiger partial charge in [0.1, 0.15) is 5.75 Å². The number of aliphatic hydroxyl groups is 1. The molecule has 1 aromatic rings. The summed E-state index contributed by atoms with van der Waals surface area (Å²) < 4.78 is 5.44. The molecule has 0 bridgehead atoms. The maximum absolute atomic E-state index is 11.9. The molecule has 20 heavy (non-hydrogen) atoms. The van der Waals surface area contributed by atoms with Gasteiger partial charge in [0, 0.05) is 12.6 Å². The quantitative estimate of drug-likeness (QED) is 0.871. The minimum Gasteiger partial charge on any atom is -0.482 e. The highest BCUT2D eigenvalue weighted by atomic mass is 16.5. The van der Waals surface area contributed by atoms with E-state index in [-0.39, 0.29) is 18.6 Å². The lowest BCUT2D eigenvalue weighted by Crippen LogP contribution is -2.38. The number of aliphatic hydroxyl groups excluding tert-OH is 1. The fraction of sp³-hybridized carbons (Fsp3) is 0.533. The Morgan fingerprint density at radius 1 is 1.55 bits per heavy atom. The van der Waals surface area contributed by atoms with Gasteiger partial charge in [0.05, 0.1) is 11.8 Å². The molecule has 1 fully saturated rings. The van der Waals surface area contributed by atoms with Crippen LogP contribution in [-0.4, -0.2) is 36.8 Å². The molecule has 2 aliphatic heterocycles. The molecule has 5 heteroatoms. The van der Waals surface area contributed by atoms with Gasteiger partial charge in [-0.3, -0.25) is 4.79 Å². The standard InChI is InChI=1S/C15H20N2O3/c1-2-17-12-8-10(15(19)11-4-3-7-16-11)5-6-13(12)20-9-14(17)18/h5-6,8,11,15-16,19H,2-4,7,9H2,1H3. The van der Waals surface area contributed by atoms with Crippen molar-refractivity contribution in [2.24, 2.45) is 0 Å². The highest BCUT2D eigenvalue weighted by molar-refractivity contribution is 5.97. The predicted octanol–water partition coefficient (Wildman–Crippen LogP) is 1.22. The molecule has 5 nitrogen and oxygen atoms in total. The Hall–Kier alpha value is -1.59. The third-order valence-corrected chi connectivity index (χ3v) is 4.06. The first-order chi connectivity index (χ1) is 9.70. The topological polar surface area (TPSA) is 61.8 Å². The number of carbonyl (C=O) groups excluding carboxylic acids is 1. The Morgan fingerprint density at radius 3 is 3.10 bits per heavy atom. The van der Waals surface area contributed by atoms with Crippen molar-refractivity contribution in [2.45, 2.75) is 31.9 Å². The van der Waals surface area contributed by atoms with E-state index in [1.54, 1.807) is 4.90 Å². The molecule has 0 saturated carbocycles. The lowest BCUT2D eigenvalue weighted by molar-refractivity contribution is -0.121. The molecule has 2 atom stereocenters. The van der Waals surface area contributed by atoms with E-state index in [9.17, 15) is 9.90 Å². The smallest absolute Gasteiger partial charge is 0.265 e. The van der Waals surface area contributed by atoms with Crippen LogP contribution in [0.5, 0.6) is 5.75 Å². The van der Waals surface area contributed by atoms with Crippen LogP contribution in [0.3, 0.4) is 0 Å². The number of rotatable bonds is 3. The maximum atomic E-state index is 11.9. The van der Waals surface area contributed by atoms with E-state index in [2.05, 4.69) is 5.32 Å². The van der Waals surface area contributed by atoms with E-state index in [1.165, 1.54) is 0 Å². The van der Waals surface area contributed by atoms with Crippen LogP contribution in [0.2, 0.25) is 0 Å². The Labute approximate surface area is 118 Å². The number of hydrogen-bond acceptors (Lipinski definition) is 4. The molecular formula is C15H20N2O3. The summed E-state index contributed by atoms with van der Waals surface area (Å²) in [4.78, 5) is 13.6. The van der Waals surface area contributed by atoms with Crippen molar-refractivity contribution in [3.05, 3.63) is 23.8 Å². The van der Waals surface area contributed by atoms with Gasteiger partial charge in [-0.05, 0) is 44.0 Å². The summed E-state index contributed by atoms with van der Waals surface area (Å²) in [6.45, 7) is 3.59. The number of benzene rings is 1. The van der Waals surface area contributed by atoms with Crippen LogP contribution >= 0.6 is 0 Å². The van der Waals surface area contributed by atoms with Crippen LogP contribution in [0.4, 0.5) is 5.69 Å². The average molecular weight is 276 g/mol. The van der Waals surface area contributed by atoms with E-state index in [1.807, 2.05) is 25.1 Å². The van der Waals surface area contributed by atoms with Crippen LogP contribution in [0.15, 0.2) is 18.2 Å². The van der Waals surface area contributed by atoms with Crippen molar-refractivity contribution in [3.63, 3.8) is 0 Å². The van der Waals surface area contributed by atoms with Crippen LogP contribution < -0.4 is 15.0 Å². The van der Waals surface area contributed by atoms with Crippen molar-refractivity contribution < 1.29 is 14.6 Å². The highest BCUT2D eigenvalue weighted by Gasteiger charge is 2.28. The minimum absolute atomic E-state index is 0.0365. The fourth-order valence-corrected chi connectivity index (χ4v) is 2.96. The maximum Gasteiger partial charge on any atom is 0.265 e. The Balaban J connectivity index is 1.91. The SMILES string of the molecule is CCN1C(=O)COc2ccc(C(O)C3CCCN3)cc21. The predicted molar refractivity (Wildman–Crippen MR) is 75.9 cm³/mol. The molecule has 0 aliphatic carbocycles. The van der Waals surface area contributed by atoms with Gasteiger partial charge in [-0.25, -0.2) is 0 Å². The second-order valence-corrected chi connectivity index (χ2v) is 5.30. The lowest BCUT2D eigenvalue weighted by Gasteiger charge is -2.29. The van der Waals surface area contributed by atoms with Crippen LogP contribution in [0.1, 0.15) is 31.4 Å². The van der Waals surface area contributed by atoms with Crippen molar-refractivity contribution >= 4 is 11.6 Å². The number of likely N-dealkylation sites (N-methyl/N-ethyl adjacent to an activating group) is 1. The summed E-state index contributed by atoms with van der Waals surface area (Å²) in [5.74, 6) is 0.674. The van der Waals surface area contributed by atoms with E-state index in [0.717, 1.165) is 30.6 Å². The molecule has 0 radical (unpaired) electrons. The second kappa shape index (κ2) is 5.42. The third kappa shape index (κ3) is 2.27. The molecule has 2 heterocycles. The first-order valence-corrected chi connectivity index (χ1v) is 7.19. The van der Waals surface area contributed by atoms with Gasteiger partial charge in [-0.15, -0.1) is 0 Å². The van der Waals surface area contributed by atoms with E-state index < -0.39 is 6.10 Å². The van der Waals surface area contributed by atoms with E-state index in [4.69, 9.17) is 4.74 Å². The van der Waals surface area contributed by atoms with E-state index >= 15 is 0 Å². The molecular weight excluding hydrogens is 256 g/mol. The number of ether oxygens (including phenoxy) is 1. The van der Waals surface area contributed by atoms with Gasteiger partial charge in [0.15, 0.2) is 6.61 Å². The van der Waals surface area contributed by atoms with Gasteiger partial charge < -0.3 is 20.1 Å². The van der Waals surface area contributed by atoms with Gasteiger partial charge in [-0.2, -0.15) is 0 Å². The summed E-state index contributed by atoms with van der Waals surface area (Å²) >= 11 is 0. The molecule has 108 valence electrons. The van der Waals surface area contributed by atoms with Crippen LogP contribution in [0.25, 0.3) is 0 Å². The minimum atomic E-state index is -0.543. The summed E-state index contributed by atoms with van der Waals surface area (Å²) in [6.07, 6.45) is 1.53. The third-order valence-electron chi connectivity index (χ3n) is 4.06. The normalized spacial score (nSPS) is 23.4. The van der Waals surface area contributed by atoms with E-state index in [0.29, 0.717) is 12.3 Å². The molecule has 2 aliphatic rings. The zero-order valence-electron chi connectivity index (χ0n) is 11.6. The molecule has 1 aromatic carbocycles. The first kappa shape index (κ1) is 13.4. The zero-order chi connectivity index (χ0) is 14.1. The zero-order valence-corrected chi connectivity index (χ0v) is 11.6. The number of amides is 1. The summed E-state index contributed by atoms with van der Waals surface area (Å²) in [5.41, 5.74) is 1.60. The molecule has 0 aromatic heterocycles. The molecule has 3 rings (SSSR count). The van der Waals surface area contributed by atoms with Crippen molar-refractivity contribution in [1.82, 2.24) is 5.32 Å². The van der Waals surface area contributed by atoms with Gasteiger partial charge in [0.2, 0.25) is 0 Å². The van der Waals surface area contributed by atoms with Gasteiger partial charge in [0.25, 0.3) is 5.91 Å². The number of fused-ring (bicyclic) bond motifs is 1. The molecule has 1 saturated heterocycles. The van der Waals surface area contributed by atoms with Crippen molar-refractivity contribution in [1.29, 1.82) is 0 Å². The number of carbonyl (C=O) groups is 1. The lowest BCUT2D eigenvalue weighted by atomic mass is 9.99. The van der Waals surface area contributed by atoms with Crippen LogP contribution in [-0.2, 0) is 4.79 Å². The fourth-order valence-electron chi connectivity index (χ4n) is 2.96. The van der Waals surface area contributed by atoms with Crippen molar-refractivity contribution in [3.8, 4) is 5.75 Å². The molecule has 1 amide bonds. The number of anilines is 1. The number of nitrogens with zero attached hydrogens (tertiary/aromatic N) is 1. The first-order valence-electron chi connectivity index (χ1n) is 7.19. The summed E-state index contributed by atoms with van der Waals surface area (Å²) in [5, 5.41) is 13.7. The second-order valence-electron chi connectivity index (χ2n) is 5.30. The number of hydrogen-bond donors (Lipinski definition) is 2. The Kier molecular flexibility index (Phi) is 3.63. The Morgan fingerprint density at radius 2 is 2.40 bits per heavy atom. The molecule has 2 unspecified atom stereocenters. The molecule has 0 spiro atoms. The van der Waals surface area contributed by atoms with Crippen molar-refractivity contribution in [2.75, 3.05) is 24.6 Å². The highest BCUT2D eigenvalue weighted by Crippen LogP contribution is 2.35. The average Bonchev–Trinajstić information content (AvgIpc) is 3.00. The van der Waals surface area contributed by atoms with Gasteiger partial charge >= 0.3 is 0 Å². The largest absolute Gasteiger partial charge is 0.482 e. The summed E-state index contributed by atoms with van der Waals surface area (Å²) in [7, 11) is 0. The van der Waals surface area contributed by atoms with Crippen LogP contribution in [0, 0.1) is 0 Å². The summed E-state index contributed by atoms with van der Waals surface area (Å²) in [6, 6.07) is 5.70. The molecule has 2 N–H and O–H groups in total. The van der Waals surface area contributed by atoms with Gasteiger partial charge in [-0.1, -0.05) is 6.07 Å².